The average Bonchev–Trinajstić information content (AvgIpc) is 3.45. The van der Waals surface area contributed by atoms with Crippen molar-refractivity contribution in [1.82, 2.24) is 10.2 Å². The van der Waals surface area contributed by atoms with Gasteiger partial charge >= 0.3 is 12.0 Å². The number of nitrogens with zero attached hydrogens (tertiary/aromatic N) is 1. The molecule has 1 fully saturated rings. The van der Waals surface area contributed by atoms with Gasteiger partial charge in [-0.2, -0.15) is 0 Å². The van der Waals surface area contributed by atoms with Crippen molar-refractivity contribution in [2.45, 2.75) is 6.54 Å². The molecule has 1 aromatic heterocycles. The zero-order valence-electron chi connectivity index (χ0n) is 19.5. The van der Waals surface area contributed by atoms with Gasteiger partial charge in [-0.3, -0.25) is 14.5 Å². The van der Waals surface area contributed by atoms with Crippen LogP contribution in [0.3, 0.4) is 0 Å². The predicted octanol–water partition coefficient (Wildman–Crippen LogP) is 5.14. The highest BCUT2D eigenvalue weighted by Gasteiger charge is 2.34. The second-order valence-corrected chi connectivity index (χ2v) is 9.05. The molecule has 0 radical (unpaired) electrons. The number of anilines is 1. The molecule has 1 saturated heterocycles. The van der Waals surface area contributed by atoms with Crippen molar-refractivity contribution >= 4 is 70.4 Å². The zero-order valence-corrected chi connectivity index (χ0v) is 21.8. The molecule has 0 unspecified atom stereocenters. The molecule has 4 amide bonds. The Hall–Kier alpha value is -3.99. The number of hydrogen-bond donors (Lipinski definition) is 2. The Morgan fingerprint density at radius 3 is 2.39 bits per heavy atom. The van der Waals surface area contributed by atoms with Gasteiger partial charge < -0.3 is 24.5 Å². The third kappa shape index (κ3) is 6.28. The molecule has 196 valence electrons. The molecule has 13 heteroatoms. The number of furan rings is 1. The van der Waals surface area contributed by atoms with Crippen LogP contribution in [0.15, 0.2) is 58.6 Å². The highest BCUT2D eigenvalue weighted by atomic mass is 35.5. The minimum absolute atomic E-state index is 0.0297. The van der Waals surface area contributed by atoms with Crippen LogP contribution in [0, 0.1) is 0 Å². The minimum Gasteiger partial charge on any atom is -0.481 e. The molecule has 0 spiro atoms. The van der Waals surface area contributed by atoms with Crippen LogP contribution in [-0.2, 0) is 20.9 Å². The van der Waals surface area contributed by atoms with Gasteiger partial charge in [0.05, 0.1) is 23.7 Å². The number of esters is 1. The summed E-state index contributed by atoms with van der Waals surface area (Å²) in [6.45, 7) is -0.568. The van der Waals surface area contributed by atoms with E-state index in [1.165, 1.54) is 37.5 Å². The predicted molar refractivity (Wildman–Crippen MR) is 139 cm³/mol. The second kappa shape index (κ2) is 11.6. The van der Waals surface area contributed by atoms with E-state index < -0.39 is 23.8 Å². The van der Waals surface area contributed by atoms with Crippen molar-refractivity contribution < 1.29 is 33.1 Å². The number of imide groups is 1. The molecule has 0 saturated carbocycles. The molecule has 0 bridgehead atoms. The number of carbonyl (C=O) groups is 4. The first kappa shape index (κ1) is 27.1. The standard InChI is InChI=1S/C25H18Cl3N3O7/c1-36-24(34)20-7-6-16(38-20)11-31-23(33)19(30-25(31)35)10-13-8-17(27)22(18(28)9-13)37-12-21(32)29-15-4-2-14(26)3-5-15/h2-10H,11-12H2,1H3,(H,29,32)(H,30,35)/b19-10-. The lowest BCUT2D eigenvalue weighted by Crippen LogP contribution is -2.30. The Morgan fingerprint density at radius 1 is 1.05 bits per heavy atom. The van der Waals surface area contributed by atoms with E-state index in [1.807, 2.05) is 0 Å². The molecule has 0 aliphatic carbocycles. The third-order valence-corrected chi connectivity index (χ3v) is 5.95. The first-order valence-corrected chi connectivity index (χ1v) is 12.0. The van der Waals surface area contributed by atoms with Gasteiger partial charge in [-0.1, -0.05) is 34.8 Å². The van der Waals surface area contributed by atoms with Crippen LogP contribution in [0.5, 0.6) is 5.75 Å². The fraction of sp³-hybridized carbons (Fsp3) is 0.120. The number of methoxy groups -OCH3 is 1. The Morgan fingerprint density at radius 2 is 1.74 bits per heavy atom. The number of nitrogens with one attached hydrogen (secondary N) is 2. The van der Waals surface area contributed by atoms with E-state index in [1.54, 1.807) is 24.3 Å². The maximum atomic E-state index is 12.8. The number of hydrogen-bond acceptors (Lipinski definition) is 7. The first-order valence-electron chi connectivity index (χ1n) is 10.8. The van der Waals surface area contributed by atoms with E-state index in [0.717, 1.165) is 4.90 Å². The summed E-state index contributed by atoms with van der Waals surface area (Å²) in [5.74, 6) is -1.53. The number of urea groups is 1. The van der Waals surface area contributed by atoms with Crippen LogP contribution in [0.2, 0.25) is 15.1 Å². The normalized spacial score (nSPS) is 14.0. The molecule has 3 aromatic rings. The molecule has 38 heavy (non-hydrogen) atoms. The van der Waals surface area contributed by atoms with Gasteiger partial charge in [0.25, 0.3) is 11.8 Å². The van der Waals surface area contributed by atoms with Gasteiger partial charge in [0.1, 0.15) is 11.5 Å². The quantitative estimate of drug-likeness (QED) is 0.215. The Labute approximate surface area is 231 Å². The molecular formula is C25H18Cl3N3O7. The minimum atomic E-state index is -0.683. The summed E-state index contributed by atoms with van der Waals surface area (Å²) in [4.78, 5) is 49.8. The molecule has 2 aromatic carbocycles. The lowest BCUT2D eigenvalue weighted by atomic mass is 10.1. The van der Waals surface area contributed by atoms with Gasteiger partial charge in [0, 0.05) is 10.7 Å². The SMILES string of the molecule is COC(=O)c1ccc(CN2C(=O)N/C(=C\c3cc(Cl)c(OCC(=O)Nc4ccc(Cl)cc4)c(Cl)c3)C2=O)o1. The molecule has 4 rings (SSSR count). The van der Waals surface area contributed by atoms with E-state index in [-0.39, 0.29) is 46.2 Å². The third-order valence-electron chi connectivity index (χ3n) is 5.13. The summed E-state index contributed by atoms with van der Waals surface area (Å²) in [6.07, 6.45) is 1.39. The highest BCUT2D eigenvalue weighted by molar-refractivity contribution is 6.37. The van der Waals surface area contributed by atoms with Crippen molar-refractivity contribution in [3.8, 4) is 5.75 Å². The molecule has 2 N–H and O–H groups in total. The largest absolute Gasteiger partial charge is 0.481 e. The smallest absolute Gasteiger partial charge is 0.373 e. The fourth-order valence-electron chi connectivity index (χ4n) is 3.38. The van der Waals surface area contributed by atoms with Gasteiger partial charge in [-0.15, -0.1) is 0 Å². The number of rotatable bonds is 8. The first-order chi connectivity index (χ1) is 18.1. The maximum Gasteiger partial charge on any atom is 0.373 e. The number of halogens is 3. The molecule has 1 aliphatic rings. The number of amides is 4. The molecular weight excluding hydrogens is 561 g/mol. The highest BCUT2D eigenvalue weighted by Crippen LogP contribution is 2.35. The lowest BCUT2D eigenvalue weighted by molar-refractivity contribution is -0.123. The van der Waals surface area contributed by atoms with Gasteiger partial charge in [-0.05, 0) is 60.2 Å². The summed E-state index contributed by atoms with van der Waals surface area (Å²) in [6, 6.07) is 11.6. The Kier molecular flexibility index (Phi) is 8.26. The fourth-order valence-corrected chi connectivity index (χ4v) is 4.12. The van der Waals surface area contributed by atoms with Crippen LogP contribution < -0.4 is 15.4 Å². The van der Waals surface area contributed by atoms with E-state index in [2.05, 4.69) is 15.4 Å². The van der Waals surface area contributed by atoms with Crippen LogP contribution in [0.1, 0.15) is 21.9 Å². The number of ether oxygens (including phenoxy) is 2. The number of carbonyl (C=O) groups excluding carboxylic acids is 4. The zero-order chi connectivity index (χ0) is 27.4. The maximum absolute atomic E-state index is 12.8. The molecule has 1 aliphatic heterocycles. The van der Waals surface area contributed by atoms with Crippen molar-refractivity contribution in [2.24, 2.45) is 0 Å². The monoisotopic (exact) mass is 577 g/mol. The summed E-state index contributed by atoms with van der Waals surface area (Å²) >= 11 is 18.4. The van der Waals surface area contributed by atoms with Crippen LogP contribution in [0.25, 0.3) is 6.08 Å². The van der Waals surface area contributed by atoms with Crippen molar-refractivity contribution in [1.29, 1.82) is 0 Å². The summed E-state index contributed by atoms with van der Waals surface area (Å²) in [5, 5.41) is 5.82. The van der Waals surface area contributed by atoms with Crippen molar-refractivity contribution in [3.05, 3.63) is 86.4 Å². The van der Waals surface area contributed by atoms with Crippen molar-refractivity contribution in [2.75, 3.05) is 19.0 Å². The van der Waals surface area contributed by atoms with Gasteiger partial charge in [0.2, 0.25) is 5.76 Å². The summed E-state index contributed by atoms with van der Waals surface area (Å²) in [5.41, 5.74) is 0.905. The molecule has 10 nitrogen and oxygen atoms in total. The Balaban J connectivity index is 1.41. The summed E-state index contributed by atoms with van der Waals surface area (Å²) in [7, 11) is 1.20. The molecule has 0 atom stereocenters. The van der Waals surface area contributed by atoms with Gasteiger partial charge in [-0.25, -0.2) is 9.59 Å². The molecule has 2 heterocycles. The summed E-state index contributed by atoms with van der Waals surface area (Å²) < 4.78 is 15.4. The van der Waals surface area contributed by atoms with Crippen LogP contribution >= 0.6 is 34.8 Å². The van der Waals surface area contributed by atoms with E-state index in [0.29, 0.717) is 16.3 Å². The van der Waals surface area contributed by atoms with Crippen LogP contribution in [0.4, 0.5) is 10.5 Å². The topological polar surface area (TPSA) is 127 Å². The lowest BCUT2D eigenvalue weighted by Gasteiger charge is -2.11. The average molecular weight is 579 g/mol. The number of benzene rings is 2. The van der Waals surface area contributed by atoms with Crippen LogP contribution in [-0.4, -0.2) is 42.4 Å². The van der Waals surface area contributed by atoms with Gasteiger partial charge in [0.15, 0.2) is 12.4 Å². The van der Waals surface area contributed by atoms with Crippen molar-refractivity contribution in [3.63, 3.8) is 0 Å². The van der Waals surface area contributed by atoms with E-state index in [9.17, 15) is 19.2 Å². The Bertz CT molecular complexity index is 1430. The van der Waals surface area contributed by atoms with E-state index in [4.69, 9.17) is 44.0 Å². The second-order valence-electron chi connectivity index (χ2n) is 7.79. The van der Waals surface area contributed by atoms with E-state index >= 15 is 0 Å².